The minimum atomic E-state index is -4.51. The number of phosphoric acid groups is 1. The molecule has 0 spiro atoms. The van der Waals surface area contributed by atoms with Crippen molar-refractivity contribution >= 4 is 13.8 Å². The Labute approximate surface area is 322 Å². The van der Waals surface area contributed by atoms with Gasteiger partial charge in [0.2, 0.25) is 0 Å². The number of rotatable bonds is 40. The molecule has 9 heteroatoms. The monoisotopic (exact) mass is 758 g/mol. The third-order valence-corrected chi connectivity index (χ3v) is 10.2. The SMILES string of the molecule is CCCCCCC/C=C\C/C=C\CCCCCCCCCCCCCC(=O)OC(COCCCCCCCCC)COP(=O)([O-])OCC[N+](C)(C)C. The lowest BCUT2D eigenvalue weighted by Gasteiger charge is -2.28. The van der Waals surface area contributed by atoms with Crippen molar-refractivity contribution in [2.24, 2.45) is 0 Å². The van der Waals surface area contributed by atoms with Gasteiger partial charge in [-0.1, -0.05) is 160 Å². The van der Waals surface area contributed by atoms with E-state index in [9.17, 15) is 14.3 Å². The molecule has 0 N–H and O–H groups in total. The van der Waals surface area contributed by atoms with Crippen LogP contribution in [0.3, 0.4) is 0 Å². The molecule has 0 aliphatic carbocycles. The molecule has 0 radical (unpaired) electrons. The van der Waals surface area contributed by atoms with E-state index in [1.807, 2.05) is 21.1 Å². The van der Waals surface area contributed by atoms with Gasteiger partial charge < -0.3 is 27.9 Å². The van der Waals surface area contributed by atoms with Crippen LogP contribution in [0.5, 0.6) is 0 Å². The lowest BCUT2D eigenvalue weighted by Crippen LogP contribution is -2.37. The van der Waals surface area contributed by atoms with Gasteiger partial charge in [-0.15, -0.1) is 0 Å². The van der Waals surface area contributed by atoms with Crippen LogP contribution in [0.25, 0.3) is 0 Å². The average Bonchev–Trinajstić information content (AvgIpc) is 3.09. The number of hydrogen-bond donors (Lipinski definition) is 0. The Morgan fingerprint density at radius 2 is 1.06 bits per heavy atom. The van der Waals surface area contributed by atoms with E-state index in [0.717, 1.165) is 38.5 Å². The summed E-state index contributed by atoms with van der Waals surface area (Å²) < 4.78 is 34.4. The predicted molar refractivity (Wildman–Crippen MR) is 217 cm³/mol. The summed E-state index contributed by atoms with van der Waals surface area (Å²) in [5, 5.41) is 0. The van der Waals surface area contributed by atoms with Crippen LogP contribution in [0.2, 0.25) is 0 Å². The van der Waals surface area contributed by atoms with Crippen molar-refractivity contribution in [1.29, 1.82) is 0 Å². The van der Waals surface area contributed by atoms with Gasteiger partial charge >= 0.3 is 5.97 Å². The second-order valence-corrected chi connectivity index (χ2v) is 17.1. The van der Waals surface area contributed by atoms with E-state index < -0.39 is 13.9 Å². The number of quaternary nitrogens is 1. The zero-order valence-corrected chi connectivity index (χ0v) is 35.7. The molecule has 8 nitrogen and oxygen atoms in total. The normalized spacial score (nSPS) is 14.0. The largest absolute Gasteiger partial charge is 0.756 e. The Hall–Kier alpha value is -1.02. The van der Waals surface area contributed by atoms with Crippen molar-refractivity contribution in [3.8, 4) is 0 Å². The standard InChI is InChI=1S/C43H84NO7P/c1-6-8-10-12-14-15-16-17-18-19-20-21-22-23-24-25-26-27-28-29-30-32-34-36-43(45)51-42(40-48-38-35-33-31-13-11-9-7-2)41-50-52(46,47)49-39-37-44(3,4)5/h16-17,19-20,42H,6-15,18,21-41H2,1-5H3/b17-16-,20-19-. The maximum absolute atomic E-state index is 12.6. The number of phosphoric ester groups is 1. The van der Waals surface area contributed by atoms with Crippen LogP contribution in [0, 0.1) is 0 Å². The minimum absolute atomic E-state index is 0.0273. The van der Waals surface area contributed by atoms with Gasteiger partial charge in [-0.3, -0.25) is 9.36 Å². The first kappa shape index (κ1) is 51.0. The van der Waals surface area contributed by atoms with Crippen molar-refractivity contribution in [2.45, 2.75) is 193 Å². The number of likely N-dealkylation sites (N-methyl/N-ethyl adjacent to an activating group) is 1. The van der Waals surface area contributed by atoms with Crippen molar-refractivity contribution in [3.63, 3.8) is 0 Å². The van der Waals surface area contributed by atoms with E-state index in [1.165, 1.54) is 128 Å². The van der Waals surface area contributed by atoms with Gasteiger partial charge in [0.25, 0.3) is 7.82 Å². The second-order valence-electron chi connectivity index (χ2n) is 15.7. The Morgan fingerprint density at radius 1 is 0.596 bits per heavy atom. The van der Waals surface area contributed by atoms with Crippen molar-refractivity contribution in [2.75, 3.05) is 54.1 Å². The summed E-state index contributed by atoms with van der Waals surface area (Å²) in [5.74, 6) is -0.337. The third kappa shape index (κ3) is 40.2. The first-order valence-corrected chi connectivity index (χ1v) is 23.0. The molecule has 0 heterocycles. The Bertz CT molecular complexity index is 889. The highest BCUT2D eigenvalue weighted by Crippen LogP contribution is 2.38. The summed E-state index contributed by atoms with van der Waals surface area (Å²) in [6.45, 7) is 5.38. The molecule has 0 rings (SSSR count). The molecule has 0 aliphatic heterocycles. The fraction of sp³-hybridized carbons (Fsp3) is 0.884. The predicted octanol–water partition coefficient (Wildman–Crippen LogP) is 11.8. The molecule has 0 saturated carbocycles. The number of esters is 1. The van der Waals surface area contributed by atoms with Crippen LogP contribution >= 0.6 is 7.82 Å². The summed E-state index contributed by atoms with van der Waals surface area (Å²) in [6.07, 6.45) is 40.6. The Kier molecular flexibility index (Phi) is 36.2. The van der Waals surface area contributed by atoms with Gasteiger partial charge in [-0.25, -0.2) is 0 Å². The van der Waals surface area contributed by atoms with E-state index in [2.05, 4.69) is 38.2 Å². The maximum atomic E-state index is 12.6. The van der Waals surface area contributed by atoms with E-state index in [4.69, 9.17) is 18.5 Å². The summed E-state index contributed by atoms with van der Waals surface area (Å²) in [4.78, 5) is 24.9. The molecule has 0 aromatic rings. The van der Waals surface area contributed by atoms with E-state index in [-0.39, 0.29) is 25.8 Å². The molecule has 0 amide bonds. The quantitative estimate of drug-likeness (QED) is 0.0202. The van der Waals surface area contributed by atoms with Crippen LogP contribution in [-0.2, 0) is 27.9 Å². The van der Waals surface area contributed by atoms with Gasteiger partial charge in [-0.05, 0) is 44.9 Å². The molecule has 2 atom stereocenters. The zero-order chi connectivity index (χ0) is 38.4. The minimum Gasteiger partial charge on any atom is -0.756 e. The first-order chi connectivity index (χ1) is 25.1. The number of carbonyl (C=O) groups excluding carboxylic acids is 1. The molecule has 0 aromatic heterocycles. The fourth-order valence-electron chi connectivity index (χ4n) is 5.87. The lowest BCUT2D eigenvalue weighted by molar-refractivity contribution is -0.870. The highest BCUT2D eigenvalue weighted by Gasteiger charge is 2.20. The highest BCUT2D eigenvalue weighted by molar-refractivity contribution is 7.45. The fourth-order valence-corrected chi connectivity index (χ4v) is 6.60. The molecule has 0 aliphatic rings. The van der Waals surface area contributed by atoms with Crippen molar-refractivity contribution in [3.05, 3.63) is 24.3 Å². The van der Waals surface area contributed by atoms with Gasteiger partial charge in [0.1, 0.15) is 19.3 Å². The number of unbranched alkanes of at least 4 members (excludes halogenated alkanes) is 22. The molecule has 0 aromatic carbocycles. The van der Waals surface area contributed by atoms with Crippen molar-refractivity contribution < 1.29 is 37.3 Å². The Morgan fingerprint density at radius 3 is 1.56 bits per heavy atom. The van der Waals surface area contributed by atoms with E-state index in [0.29, 0.717) is 24.1 Å². The average molecular weight is 758 g/mol. The number of ether oxygens (including phenoxy) is 2. The number of hydrogen-bond acceptors (Lipinski definition) is 7. The van der Waals surface area contributed by atoms with Crippen LogP contribution in [0.15, 0.2) is 24.3 Å². The molecular weight excluding hydrogens is 673 g/mol. The molecule has 2 unspecified atom stereocenters. The molecule has 0 bridgehead atoms. The molecular formula is C43H84NO7P. The second kappa shape index (κ2) is 36.9. The smallest absolute Gasteiger partial charge is 0.306 e. The van der Waals surface area contributed by atoms with E-state index >= 15 is 0 Å². The zero-order valence-electron chi connectivity index (χ0n) is 34.8. The van der Waals surface area contributed by atoms with Crippen LogP contribution in [0.1, 0.15) is 187 Å². The molecule has 308 valence electrons. The van der Waals surface area contributed by atoms with E-state index in [1.54, 1.807) is 0 Å². The Balaban J connectivity index is 4.04. The first-order valence-electron chi connectivity index (χ1n) is 21.6. The van der Waals surface area contributed by atoms with Gasteiger partial charge in [0.05, 0.1) is 34.4 Å². The third-order valence-electron chi connectivity index (χ3n) is 9.26. The molecule has 0 saturated heterocycles. The van der Waals surface area contributed by atoms with Crippen LogP contribution < -0.4 is 4.89 Å². The molecule has 0 fully saturated rings. The maximum Gasteiger partial charge on any atom is 0.306 e. The topological polar surface area (TPSA) is 94.1 Å². The summed E-state index contributed by atoms with van der Waals surface area (Å²) in [5.41, 5.74) is 0. The van der Waals surface area contributed by atoms with Gasteiger partial charge in [0, 0.05) is 13.0 Å². The number of allylic oxidation sites excluding steroid dienone is 4. The van der Waals surface area contributed by atoms with Gasteiger partial charge in [-0.2, -0.15) is 0 Å². The van der Waals surface area contributed by atoms with Crippen molar-refractivity contribution in [1.82, 2.24) is 0 Å². The summed E-state index contributed by atoms with van der Waals surface area (Å²) in [6, 6.07) is 0. The summed E-state index contributed by atoms with van der Waals surface area (Å²) >= 11 is 0. The highest BCUT2D eigenvalue weighted by atomic mass is 31.2. The summed E-state index contributed by atoms with van der Waals surface area (Å²) in [7, 11) is 1.36. The van der Waals surface area contributed by atoms with Gasteiger partial charge in [0.15, 0.2) is 0 Å². The number of carbonyl (C=O) groups is 1. The number of nitrogens with zero attached hydrogens (tertiary/aromatic N) is 1. The van der Waals surface area contributed by atoms with Crippen LogP contribution in [0.4, 0.5) is 0 Å². The molecule has 52 heavy (non-hydrogen) atoms. The van der Waals surface area contributed by atoms with Crippen LogP contribution in [-0.4, -0.2) is 70.7 Å². The lowest BCUT2D eigenvalue weighted by atomic mass is 10.0.